The molecule has 0 N–H and O–H groups in total. The summed E-state index contributed by atoms with van der Waals surface area (Å²) in [7, 11) is 0. The van der Waals surface area contributed by atoms with Crippen LogP contribution in [0.1, 0.15) is 0 Å². The molecule has 2 aromatic rings. The fraction of sp³-hybridized carbons (Fsp3) is 0. The van der Waals surface area contributed by atoms with Crippen LogP contribution in [0.4, 0.5) is 0 Å². The number of ether oxygens (including phenoxy) is 1. The quantitative estimate of drug-likeness (QED) is 0.800. The summed E-state index contributed by atoms with van der Waals surface area (Å²) in [4.78, 5) is 7.92. The second-order valence-electron chi connectivity index (χ2n) is 2.59. The fourth-order valence-corrected chi connectivity index (χ4v) is 1.31. The number of aromatic nitrogens is 2. The van der Waals surface area contributed by atoms with Gasteiger partial charge in [0.1, 0.15) is 5.75 Å². The van der Waals surface area contributed by atoms with Gasteiger partial charge in [-0.1, -0.05) is 0 Å². The van der Waals surface area contributed by atoms with E-state index in [2.05, 4.69) is 32.6 Å². The molecule has 0 aliphatic heterocycles. The minimum Gasteiger partial charge on any atom is -0.424 e. The Hall–Kier alpha value is -1.17. The van der Waals surface area contributed by atoms with E-state index in [-0.39, 0.29) is 0 Å². The summed E-state index contributed by atoms with van der Waals surface area (Å²) < 4.78 is 6.58. The number of hydrogen-bond acceptors (Lipinski definition) is 3. The zero-order valence-corrected chi connectivity index (χ0v) is 9.38. The third-order valence-electron chi connectivity index (χ3n) is 1.56. The van der Waals surface area contributed by atoms with Crippen molar-refractivity contribution in [3.63, 3.8) is 0 Å². The molecule has 0 aliphatic carbocycles. The first-order chi connectivity index (χ1) is 6.84. The summed E-state index contributed by atoms with van der Waals surface area (Å²) in [6, 6.07) is 9.84. The lowest BCUT2D eigenvalue weighted by Crippen LogP contribution is -1.89. The van der Waals surface area contributed by atoms with Gasteiger partial charge in [0.2, 0.25) is 0 Å². The normalized spacial score (nSPS) is 9.79. The van der Waals surface area contributed by atoms with E-state index in [0.717, 1.165) is 5.75 Å². The Bertz CT molecular complexity index is 402. The van der Waals surface area contributed by atoms with Gasteiger partial charge < -0.3 is 4.74 Å². The van der Waals surface area contributed by atoms with Crippen molar-refractivity contribution in [3.05, 3.63) is 46.3 Å². The molecule has 3 nitrogen and oxygen atoms in total. The van der Waals surface area contributed by atoms with E-state index in [1.165, 1.54) is 3.57 Å². The van der Waals surface area contributed by atoms with Crippen LogP contribution in [-0.4, -0.2) is 9.97 Å². The number of nitrogens with zero attached hydrogens (tertiary/aromatic N) is 2. The third kappa shape index (κ3) is 2.41. The van der Waals surface area contributed by atoms with Crippen molar-refractivity contribution in [1.29, 1.82) is 0 Å². The van der Waals surface area contributed by atoms with Crippen LogP contribution in [0.25, 0.3) is 0 Å². The summed E-state index contributed by atoms with van der Waals surface area (Å²) >= 11 is 2.24. The van der Waals surface area contributed by atoms with Crippen LogP contribution >= 0.6 is 22.6 Å². The number of hydrogen-bond donors (Lipinski definition) is 0. The molecule has 0 unspecified atom stereocenters. The smallest absolute Gasteiger partial charge is 0.321 e. The van der Waals surface area contributed by atoms with E-state index in [9.17, 15) is 0 Å². The minimum absolute atomic E-state index is 0.369. The molecule has 0 radical (unpaired) electrons. The van der Waals surface area contributed by atoms with Crippen LogP contribution in [-0.2, 0) is 0 Å². The van der Waals surface area contributed by atoms with Crippen molar-refractivity contribution in [2.45, 2.75) is 0 Å². The van der Waals surface area contributed by atoms with E-state index in [1.807, 2.05) is 24.3 Å². The maximum atomic E-state index is 5.41. The van der Waals surface area contributed by atoms with Crippen molar-refractivity contribution in [2.24, 2.45) is 0 Å². The van der Waals surface area contributed by atoms with Gasteiger partial charge in [-0.3, -0.25) is 0 Å². The second kappa shape index (κ2) is 4.36. The van der Waals surface area contributed by atoms with Crippen LogP contribution in [0.3, 0.4) is 0 Å². The number of rotatable bonds is 2. The van der Waals surface area contributed by atoms with Gasteiger partial charge in [0, 0.05) is 16.0 Å². The van der Waals surface area contributed by atoms with E-state index < -0.39 is 0 Å². The third-order valence-corrected chi connectivity index (χ3v) is 2.28. The molecule has 0 spiro atoms. The lowest BCUT2D eigenvalue weighted by molar-refractivity contribution is 0.441. The largest absolute Gasteiger partial charge is 0.424 e. The van der Waals surface area contributed by atoms with Gasteiger partial charge in [0.25, 0.3) is 0 Å². The van der Waals surface area contributed by atoms with E-state index >= 15 is 0 Å². The molecule has 0 saturated heterocycles. The molecule has 1 aromatic heterocycles. The zero-order valence-electron chi connectivity index (χ0n) is 7.22. The average Bonchev–Trinajstić information content (AvgIpc) is 2.23. The molecule has 0 bridgehead atoms. The summed E-state index contributed by atoms with van der Waals surface area (Å²) in [5, 5.41) is 0. The van der Waals surface area contributed by atoms with Crippen LogP contribution in [0.2, 0.25) is 0 Å². The van der Waals surface area contributed by atoms with Crippen LogP contribution in [0.15, 0.2) is 42.7 Å². The lowest BCUT2D eigenvalue weighted by Gasteiger charge is -2.01. The summed E-state index contributed by atoms with van der Waals surface area (Å²) in [6.45, 7) is 0. The summed E-state index contributed by atoms with van der Waals surface area (Å²) in [5.74, 6) is 0.747. The van der Waals surface area contributed by atoms with E-state index in [0.29, 0.717) is 6.01 Å². The van der Waals surface area contributed by atoms with Gasteiger partial charge in [-0.05, 0) is 52.9 Å². The topological polar surface area (TPSA) is 35.0 Å². The van der Waals surface area contributed by atoms with Gasteiger partial charge in [0.15, 0.2) is 0 Å². The molecular formula is C10H7IN2O. The van der Waals surface area contributed by atoms with Crippen LogP contribution in [0.5, 0.6) is 11.8 Å². The highest BCUT2D eigenvalue weighted by atomic mass is 127. The number of halogens is 1. The molecule has 0 aliphatic rings. The molecule has 4 heteroatoms. The van der Waals surface area contributed by atoms with Gasteiger partial charge >= 0.3 is 6.01 Å². The highest BCUT2D eigenvalue weighted by Gasteiger charge is 1.97. The van der Waals surface area contributed by atoms with Crippen molar-refractivity contribution in [1.82, 2.24) is 9.97 Å². The molecule has 0 fully saturated rings. The lowest BCUT2D eigenvalue weighted by atomic mass is 10.3. The maximum Gasteiger partial charge on any atom is 0.321 e. The molecule has 0 amide bonds. The molecular weight excluding hydrogens is 291 g/mol. The van der Waals surface area contributed by atoms with Crippen LogP contribution in [0, 0.1) is 3.57 Å². The average molecular weight is 298 g/mol. The molecule has 2 rings (SSSR count). The summed E-state index contributed by atoms with van der Waals surface area (Å²) in [5.41, 5.74) is 0. The molecule has 0 saturated carbocycles. The zero-order chi connectivity index (χ0) is 9.80. The number of benzene rings is 1. The van der Waals surface area contributed by atoms with Gasteiger partial charge in [-0.2, -0.15) is 0 Å². The molecule has 1 aromatic carbocycles. The van der Waals surface area contributed by atoms with Gasteiger partial charge in [0.05, 0.1) is 0 Å². The monoisotopic (exact) mass is 298 g/mol. The first kappa shape index (κ1) is 9.39. The van der Waals surface area contributed by atoms with Gasteiger partial charge in [-0.25, -0.2) is 9.97 Å². The predicted octanol–water partition coefficient (Wildman–Crippen LogP) is 2.87. The Morgan fingerprint density at radius 2 is 1.64 bits per heavy atom. The van der Waals surface area contributed by atoms with E-state index in [4.69, 9.17) is 4.74 Å². The molecule has 14 heavy (non-hydrogen) atoms. The Labute approximate surface area is 95.3 Å². The molecule has 1 heterocycles. The van der Waals surface area contributed by atoms with Crippen molar-refractivity contribution >= 4 is 22.6 Å². The van der Waals surface area contributed by atoms with Crippen LogP contribution < -0.4 is 4.74 Å². The highest BCUT2D eigenvalue weighted by molar-refractivity contribution is 14.1. The Morgan fingerprint density at radius 3 is 2.29 bits per heavy atom. The first-order valence-electron chi connectivity index (χ1n) is 4.05. The Kier molecular flexibility index (Phi) is 2.93. The van der Waals surface area contributed by atoms with Crippen molar-refractivity contribution in [2.75, 3.05) is 0 Å². The predicted molar refractivity (Wildman–Crippen MR) is 61.3 cm³/mol. The van der Waals surface area contributed by atoms with Crippen molar-refractivity contribution < 1.29 is 4.74 Å². The highest BCUT2D eigenvalue weighted by Crippen LogP contribution is 2.17. The SMILES string of the molecule is Ic1ccc(Oc2ncccn2)cc1. The second-order valence-corrected chi connectivity index (χ2v) is 3.83. The minimum atomic E-state index is 0.369. The van der Waals surface area contributed by atoms with E-state index in [1.54, 1.807) is 18.5 Å². The first-order valence-corrected chi connectivity index (χ1v) is 5.13. The fourth-order valence-electron chi connectivity index (χ4n) is 0.946. The molecule has 0 atom stereocenters. The summed E-state index contributed by atoms with van der Waals surface area (Å²) in [6.07, 6.45) is 3.30. The van der Waals surface area contributed by atoms with Gasteiger partial charge in [-0.15, -0.1) is 0 Å². The Balaban J connectivity index is 2.16. The maximum absolute atomic E-state index is 5.41. The Morgan fingerprint density at radius 1 is 1.00 bits per heavy atom. The molecule has 70 valence electrons. The van der Waals surface area contributed by atoms with Crippen molar-refractivity contribution in [3.8, 4) is 11.8 Å². The standard InChI is InChI=1S/C10H7IN2O/c11-8-2-4-9(5-3-8)14-10-12-6-1-7-13-10/h1-7H.